The summed E-state index contributed by atoms with van der Waals surface area (Å²) in [5.41, 5.74) is 16.1. The van der Waals surface area contributed by atoms with E-state index in [1.165, 1.54) is 141 Å². The zero-order valence-electron chi connectivity index (χ0n) is 99.2. The van der Waals surface area contributed by atoms with Gasteiger partial charge in [0.15, 0.2) is 25.2 Å². The van der Waals surface area contributed by atoms with Crippen molar-refractivity contribution < 1.29 is 18.8 Å². The lowest BCUT2D eigenvalue weighted by Crippen LogP contribution is -2.39. The highest BCUT2D eigenvalue weighted by atomic mass is 19.0. The van der Waals surface area contributed by atoms with Gasteiger partial charge in [0.2, 0.25) is 10.7 Å². The zero-order valence-corrected chi connectivity index (χ0v) is 99.2. The fraction of sp³-hybridized carbons (Fsp3) is 0.388. The number of aromatic nitrogens is 5. The molecule has 7 heterocycles. The minimum absolute atomic E-state index is 0. The summed E-state index contributed by atoms with van der Waals surface area (Å²) in [5.74, 6) is 0. The van der Waals surface area contributed by atoms with Crippen LogP contribution in [-0.2, 0) is 32.7 Å². The number of allylic oxidation sites excluding steroid dienone is 4. The van der Waals surface area contributed by atoms with Crippen LogP contribution >= 0.6 is 0 Å². The maximum atomic E-state index is 2.55. The lowest BCUT2D eigenvalue weighted by molar-refractivity contribution is 0.534. The van der Waals surface area contributed by atoms with Gasteiger partial charge in [0.25, 0.3) is 0 Å². The molecule has 0 amide bonds. The molecule has 2 unspecified atom stereocenters. The predicted octanol–water partition coefficient (Wildman–Crippen LogP) is 39.9. The van der Waals surface area contributed by atoms with E-state index < -0.39 is 0 Å². The first-order valence-electron chi connectivity index (χ1n) is 56.0. The molecule has 0 bridgehead atoms. The molecule has 21 rings (SSSR count). The number of aryl methyl sites for hydroxylation is 3. The van der Waals surface area contributed by atoms with Crippen LogP contribution in [0.4, 0.5) is 18.8 Å². The Morgan fingerprint density at radius 2 is 0.324 bits per heavy atom. The number of nitrogens with zero attached hydrogens (tertiary/aromatic N) is 7. The Kier molecular flexibility index (Phi) is 94.7. The Bertz CT molecular complexity index is 5720. The topological polar surface area (TPSA) is 30.7 Å². The second-order valence-corrected chi connectivity index (χ2v) is 26.4. The standard InChI is InChI=1S/2C26H21N2.3C14H13N.20C2H6.4FH/c2*1-5-13-23-19(9-1)20-10-2-6-14-24(20)27(23)17-18-28-25-15-7-3-11-21(25)22-12-4-8-16-26(22)28;3*1-2-15-13-9-5-3-7-11(13)12-8-4-6-10-14(12)15;20*1-2;;;;/h2*1-16,23H,17-18H2;3*3-10H,2H2,1H3;20*1-2H3;4*1H/q2*+1;;;;;;;;;;;;;;;;;;;;;;;;;;;. The van der Waals surface area contributed by atoms with E-state index >= 15 is 0 Å². The highest BCUT2D eigenvalue weighted by Crippen LogP contribution is 2.34. The molecule has 0 saturated carbocycles. The number of halogens is 4. The molecule has 145 heavy (non-hydrogen) atoms. The molecule has 0 spiro atoms. The van der Waals surface area contributed by atoms with Gasteiger partial charge in [-0.1, -0.05) is 520 Å². The van der Waals surface area contributed by atoms with Gasteiger partial charge in [-0.2, -0.15) is 0 Å². The molecule has 7 nitrogen and oxygen atoms in total. The van der Waals surface area contributed by atoms with Gasteiger partial charge in [-0.25, -0.2) is 9.15 Å². The van der Waals surface area contributed by atoms with Crippen LogP contribution < -0.4 is 30.3 Å². The third-order valence-electron chi connectivity index (χ3n) is 21.2. The van der Waals surface area contributed by atoms with E-state index in [9.17, 15) is 0 Å². The number of fused-ring (bicyclic) bond motifs is 19. The summed E-state index contributed by atoms with van der Waals surface area (Å²) in [6.07, 6.45) is 17.8. The van der Waals surface area contributed by atoms with Gasteiger partial charge in [0.1, 0.15) is 0 Å². The molecule has 5 aromatic heterocycles. The third-order valence-corrected chi connectivity index (χ3v) is 21.2. The second-order valence-electron chi connectivity index (χ2n) is 26.4. The first kappa shape index (κ1) is 148. The van der Waals surface area contributed by atoms with Gasteiger partial charge in [-0.3, -0.25) is 18.8 Å². The smallest absolute Gasteiger partial charge is 0.208 e. The van der Waals surface area contributed by atoms with Crippen molar-refractivity contribution in [3.8, 4) is 0 Å². The van der Waals surface area contributed by atoms with Crippen molar-refractivity contribution in [1.29, 1.82) is 0 Å². The quantitative estimate of drug-likeness (QED) is 0.102. The van der Waals surface area contributed by atoms with Gasteiger partial charge >= 0.3 is 0 Å². The zero-order chi connectivity index (χ0) is 108. The van der Waals surface area contributed by atoms with E-state index in [0.29, 0.717) is 12.1 Å². The second kappa shape index (κ2) is 92.8. The summed E-state index contributed by atoms with van der Waals surface area (Å²) in [6.45, 7) is 93.5. The fourth-order valence-corrected chi connectivity index (χ4v) is 16.8. The van der Waals surface area contributed by atoms with E-state index in [1.807, 2.05) is 277 Å². The Labute approximate surface area is 881 Å². The molecular weight excluding hydrogens is 1780 g/mol. The molecule has 2 atom stereocenters. The first-order chi connectivity index (χ1) is 70.1. The van der Waals surface area contributed by atoms with E-state index in [0.717, 1.165) is 45.8 Å². The summed E-state index contributed by atoms with van der Waals surface area (Å²) in [4.78, 5) is 0. The van der Waals surface area contributed by atoms with Crippen LogP contribution in [0.2, 0.25) is 0 Å². The lowest BCUT2D eigenvalue weighted by Gasteiger charge is -2.13. The Balaban J connectivity index is -0.000000250. The molecule has 0 N–H and O–H groups in total. The maximum Gasteiger partial charge on any atom is 0.208 e. The van der Waals surface area contributed by atoms with Crippen LogP contribution in [0.15, 0.2) is 340 Å². The van der Waals surface area contributed by atoms with Gasteiger partial charge in [0.05, 0.1) is 23.5 Å². The number of benzene rings is 12. The largest absolute Gasteiger partial charge is 0.341 e. The van der Waals surface area contributed by atoms with Crippen LogP contribution in [0, 0.1) is 0 Å². The Morgan fingerprint density at radius 3 is 0.490 bits per heavy atom. The van der Waals surface area contributed by atoms with Crippen LogP contribution in [-0.4, -0.2) is 48.0 Å². The van der Waals surface area contributed by atoms with Crippen LogP contribution in [0.1, 0.15) is 298 Å². The summed E-state index contributed by atoms with van der Waals surface area (Å²) in [6, 6.07) is 105. The average molecular weight is 1990 g/mol. The molecule has 11 heteroatoms. The van der Waals surface area contributed by atoms with E-state index in [4.69, 9.17) is 0 Å². The summed E-state index contributed by atoms with van der Waals surface area (Å²) < 4.78 is 17.2. The molecule has 802 valence electrons. The predicted molar refractivity (Wildman–Crippen MR) is 666 cm³/mol. The lowest BCUT2D eigenvalue weighted by atomic mass is 10.0. The third kappa shape index (κ3) is 37.9. The van der Waals surface area contributed by atoms with Crippen LogP contribution in [0.5, 0.6) is 0 Å². The Hall–Kier alpha value is -12.3. The normalized spacial score (nSPS) is 11.1. The maximum absolute atomic E-state index is 2.55. The van der Waals surface area contributed by atoms with Gasteiger partial charge < -0.3 is 22.8 Å². The van der Waals surface area contributed by atoms with Gasteiger partial charge in [0, 0.05) is 152 Å². The van der Waals surface area contributed by atoms with E-state index in [1.54, 1.807) is 0 Å². The highest BCUT2D eigenvalue weighted by molar-refractivity contribution is 6.11. The van der Waals surface area contributed by atoms with Crippen molar-refractivity contribution in [3.05, 3.63) is 361 Å². The van der Waals surface area contributed by atoms with Crippen molar-refractivity contribution >= 4 is 120 Å². The number of hydrogen-bond acceptors (Lipinski definition) is 0. The molecule has 2 aliphatic carbocycles. The van der Waals surface area contributed by atoms with Gasteiger partial charge in [-0.05, 0) is 106 Å². The fourth-order valence-electron chi connectivity index (χ4n) is 16.8. The van der Waals surface area contributed by atoms with Crippen molar-refractivity contribution in [2.75, 3.05) is 13.1 Å². The number of rotatable bonds is 9. The molecule has 0 saturated heterocycles. The molecule has 17 aromatic rings. The first-order valence-corrected chi connectivity index (χ1v) is 56.0. The number of para-hydroxylation sites is 12. The SMILES string of the molecule is C1=CC2=c3ccccc3=[N+](CCn3c4ccccc4c4ccccc43)C2C=C1.C1=CC2=c3ccccc3=[N+](CCn3c4ccccc4c4ccccc43)C2C=C1.CC.CC.CC.CC.CC.CC.CC.CC.CC.CC.CC.CC.CC.CC.CC.CC.CC.CC.CC.CC.CCn1c2ccccc2c2ccccc21.CCn1c2ccccc2c2ccccc21.CCn1c2ccccc2c2ccccc21.F.F.F.F. The summed E-state index contributed by atoms with van der Waals surface area (Å²) in [5, 5.41) is 18.9. The average Bonchev–Trinajstić information content (AvgIpc) is 1.59. The molecule has 0 radical (unpaired) electrons. The van der Waals surface area contributed by atoms with Crippen LogP contribution in [0.3, 0.4) is 0 Å². The van der Waals surface area contributed by atoms with E-state index in [2.05, 4.69) is 393 Å². The molecule has 2 aliphatic heterocycles. The summed E-state index contributed by atoms with van der Waals surface area (Å²) in [7, 11) is 0. The highest BCUT2D eigenvalue weighted by Gasteiger charge is 2.32. The Morgan fingerprint density at radius 1 is 0.179 bits per heavy atom. The van der Waals surface area contributed by atoms with Crippen molar-refractivity contribution in [2.24, 2.45) is 0 Å². The van der Waals surface area contributed by atoms with Crippen LogP contribution in [0.25, 0.3) is 120 Å². The van der Waals surface area contributed by atoms with Gasteiger partial charge in [-0.15, -0.1) is 0 Å². The van der Waals surface area contributed by atoms with Crippen molar-refractivity contribution in [3.63, 3.8) is 0 Å². The minimum Gasteiger partial charge on any atom is -0.341 e. The minimum atomic E-state index is 0. The summed E-state index contributed by atoms with van der Waals surface area (Å²) >= 11 is 0. The van der Waals surface area contributed by atoms with E-state index in [-0.39, 0.29) is 18.8 Å². The molecule has 4 aliphatic rings. The number of hydrogen-bond donors (Lipinski definition) is 0. The molecule has 0 fully saturated rings. The van der Waals surface area contributed by atoms with Crippen molar-refractivity contribution in [2.45, 2.75) is 343 Å². The molecular formula is C134H205F4N7+2. The van der Waals surface area contributed by atoms with Crippen molar-refractivity contribution in [1.82, 2.24) is 32.0 Å². The monoisotopic (exact) mass is 1990 g/mol. The molecule has 12 aromatic carbocycles.